The lowest BCUT2D eigenvalue weighted by Gasteiger charge is -2.12. The van der Waals surface area contributed by atoms with Crippen LogP contribution >= 0.6 is 23.1 Å². The molecule has 4 nitrogen and oxygen atoms in total. The lowest BCUT2D eigenvalue weighted by atomic mass is 10.3. The summed E-state index contributed by atoms with van der Waals surface area (Å²) in [4.78, 5) is 20.1. The molecular formula is C19H16FN3OS2. The van der Waals surface area contributed by atoms with E-state index in [0.717, 1.165) is 26.0 Å². The third-order valence-electron chi connectivity index (χ3n) is 4.18. The Morgan fingerprint density at radius 3 is 2.85 bits per heavy atom. The van der Waals surface area contributed by atoms with Crippen LogP contribution in [0.25, 0.3) is 11.1 Å². The van der Waals surface area contributed by atoms with E-state index in [1.165, 1.54) is 35.2 Å². The van der Waals surface area contributed by atoms with Gasteiger partial charge < -0.3 is 4.90 Å². The number of anilines is 1. The van der Waals surface area contributed by atoms with Crippen LogP contribution in [0.15, 0.2) is 52.3 Å². The van der Waals surface area contributed by atoms with Crippen LogP contribution in [0.2, 0.25) is 0 Å². The molecule has 3 heterocycles. The summed E-state index contributed by atoms with van der Waals surface area (Å²) in [7, 11) is 1.91. The molecule has 0 radical (unpaired) electrons. The predicted molar refractivity (Wildman–Crippen MR) is 105 cm³/mol. The molecule has 0 aliphatic carbocycles. The molecule has 132 valence electrons. The highest BCUT2D eigenvalue weighted by Crippen LogP contribution is 2.45. The van der Waals surface area contributed by atoms with Gasteiger partial charge in [-0.05, 0) is 43.3 Å². The van der Waals surface area contributed by atoms with Crippen molar-refractivity contribution in [3.63, 3.8) is 0 Å². The zero-order valence-corrected chi connectivity index (χ0v) is 15.9. The maximum absolute atomic E-state index is 13.5. The molecule has 3 aromatic rings. The van der Waals surface area contributed by atoms with Crippen LogP contribution in [0.1, 0.15) is 12.6 Å². The van der Waals surface area contributed by atoms with Crippen molar-refractivity contribution in [2.75, 3.05) is 11.9 Å². The van der Waals surface area contributed by atoms with Crippen molar-refractivity contribution in [2.24, 2.45) is 0 Å². The molecule has 0 fully saturated rings. The van der Waals surface area contributed by atoms with Crippen molar-refractivity contribution in [2.45, 2.75) is 18.4 Å². The zero-order chi connectivity index (χ0) is 18.3. The van der Waals surface area contributed by atoms with E-state index in [1.54, 1.807) is 16.8 Å². The molecule has 0 saturated heterocycles. The molecular weight excluding hydrogens is 369 g/mol. The van der Waals surface area contributed by atoms with Crippen LogP contribution in [0.3, 0.4) is 0 Å². The zero-order valence-electron chi connectivity index (χ0n) is 14.3. The Hall–Kier alpha value is -2.38. The fourth-order valence-electron chi connectivity index (χ4n) is 2.88. The molecule has 2 aromatic heterocycles. The van der Waals surface area contributed by atoms with Crippen molar-refractivity contribution in [1.29, 1.82) is 0 Å². The van der Waals surface area contributed by atoms with Gasteiger partial charge in [-0.2, -0.15) is 0 Å². The van der Waals surface area contributed by atoms with Gasteiger partial charge in [-0.1, -0.05) is 17.8 Å². The Labute approximate surface area is 157 Å². The summed E-state index contributed by atoms with van der Waals surface area (Å²) in [6, 6.07) is 10.4. The molecule has 7 heteroatoms. The largest absolute Gasteiger partial charge is 0.337 e. The van der Waals surface area contributed by atoms with Crippen LogP contribution in [0.4, 0.5) is 10.1 Å². The molecule has 0 amide bonds. The molecule has 0 bridgehead atoms. The monoisotopic (exact) mass is 385 g/mol. The molecule has 0 spiro atoms. The minimum Gasteiger partial charge on any atom is -0.337 e. The van der Waals surface area contributed by atoms with Crippen molar-refractivity contribution >= 4 is 39.9 Å². The van der Waals surface area contributed by atoms with E-state index in [4.69, 9.17) is 0 Å². The number of thiazole rings is 1. The van der Waals surface area contributed by atoms with E-state index >= 15 is 0 Å². The topological polar surface area (TPSA) is 38.1 Å². The van der Waals surface area contributed by atoms with Gasteiger partial charge in [0.15, 0.2) is 0 Å². The van der Waals surface area contributed by atoms with Crippen LogP contribution < -0.4 is 19.7 Å². The Balaban J connectivity index is 1.93. The first kappa shape index (κ1) is 17.1. The van der Waals surface area contributed by atoms with Crippen molar-refractivity contribution in [3.8, 4) is 0 Å². The van der Waals surface area contributed by atoms with Crippen molar-refractivity contribution < 1.29 is 4.39 Å². The van der Waals surface area contributed by atoms with E-state index in [1.807, 2.05) is 43.1 Å². The fraction of sp³-hybridized carbons (Fsp3) is 0.158. The molecule has 0 saturated carbocycles. The summed E-state index contributed by atoms with van der Waals surface area (Å²) in [6.45, 7) is 2.53. The van der Waals surface area contributed by atoms with Crippen LogP contribution in [0.5, 0.6) is 0 Å². The Morgan fingerprint density at radius 2 is 2.12 bits per heavy atom. The first-order valence-electron chi connectivity index (χ1n) is 8.16. The maximum Gasteiger partial charge on any atom is 0.271 e. The second kappa shape index (κ2) is 6.74. The van der Waals surface area contributed by atoms with E-state index in [0.29, 0.717) is 11.1 Å². The number of pyridine rings is 1. The smallest absolute Gasteiger partial charge is 0.271 e. The normalized spacial score (nSPS) is 16.3. The van der Waals surface area contributed by atoms with Gasteiger partial charge in [0.1, 0.15) is 20.0 Å². The average Bonchev–Trinajstić information content (AvgIpc) is 3.12. The Morgan fingerprint density at radius 1 is 1.27 bits per heavy atom. The number of hydrogen-bond acceptors (Lipinski definition) is 5. The average molecular weight is 385 g/mol. The number of aromatic nitrogens is 2. The SMILES string of the molecule is CCn1c(=O)/c(=C2\Sc3cc(F)ccc3N2C)s/c1=C\c1ccccn1. The molecule has 1 aliphatic rings. The third kappa shape index (κ3) is 2.87. The summed E-state index contributed by atoms with van der Waals surface area (Å²) in [6.07, 6.45) is 3.65. The molecule has 0 N–H and O–H groups in total. The quantitative estimate of drug-likeness (QED) is 0.680. The van der Waals surface area contributed by atoms with Gasteiger partial charge in [0.05, 0.1) is 11.4 Å². The molecule has 0 atom stereocenters. The van der Waals surface area contributed by atoms with Gasteiger partial charge in [0, 0.05) is 24.7 Å². The summed E-state index contributed by atoms with van der Waals surface area (Å²) in [5.74, 6) is -0.271. The van der Waals surface area contributed by atoms with Crippen LogP contribution in [-0.4, -0.2) is 16.6 Å². The number of benzene rings is 1. The van der Waals surface area contributed by atoms with Crippen molar-refractivity contribution in [3.05, 3.63) is 73.7 Å². The highest BCUT2D eigenvalue weighted by molar-refractivity contribution is 8.08. The van der Waals surface area contributed by atoms with Gasteiger partial charge >= 0.3 is 0 Å². The first-order valence-corrected chi connectivity index (χ1v) is 9.79. The Bertz CT molecular complexity index is 1150. The minimum absolute atomic E-state index is 0.0256. The summed E-state index contributed by atoms with van der Waals surface area (Å²) >= 11 is 2.88. The van der Waals surface area contributed by atoms with E-state index in [-0.39, 0.29) is 11.4 Å². The second-order valence-corrected chi connectivity index (χ2v) is 7.86. The highest BCUT2D eigenvalue weighted by atomic mass is 32.2. The number of rotatable bonds is 2. The van der Waals surface area contributed by atoms with Gasteiger partial charge in [-0.15, -0.1) is 11.3 Å². The van der Waals surface area contributed by atoms with E-state index in [9.17, 15) is 9.18 Å². The van der Waals surface area contributed by atoms with Gasteiger partial charge in [-0.3, -0.25) is 14.3 Å². The lowest BCUT2D eigenvalue weighted by molar-refractivity contribution is 0.624. The van der Waals surface area contributed by atoms with E-state index in [2.05, 4.69) is 4.98 Å². The molecule has 26 heavy (non-hydrogen) atoms. The lowest BCUT2D eigenvalue weighted by Crippen LogP contribution is -2.33. The highest BCUT2D eigenvalue weighted by Gasteiger charge is 2.25. The van der Waals surface area contributed by atoms with Gasteiger partial charge in [0.2, 0.25) is 0 Å². The maximum atomic E-state index is 13.5. The van der Waals surface area contributed by atoms with Gasteiger partial charge in [-0.25, -0.2) is 4.39 Å². The standard InChI is InChI=1S/C19H16FN3OS2/c1-3-23-16(11-13-6-4-5-9-21-13)26-17(18(23)24)19-22(2)14-8-7-12(20)10-15(14)25-19/h4-11H,3H2,1-2H3/b16-11-,19-17+. The van der Waals surface area contributed by atoms with Crippen LogP contribution in [0, 0.1) is 5.82 Å². The van der Waals surface area contributed by atoms with Crippen LogP contribution in [-0.2, 0) is 6.54 Å². The molecule has 4 rings (SSSR count). The number of nitrogens with zero attached hydrogens (tertiary/aromatic N) is 3. The fourth-order valence-corrected chi connectivity index (χ4v) is 5.37. The second-order valence-electron chi connectivity index (χ2n) is 5.80. The number of hydrogen-bond donors (Lipinski definition) is 0. The number of halogens is 1. The Kier molecular flexibility index (Phi) is 4.42. The summed E-state index contributed by atoms with van der Waals surface area (Å²) in [5, 5.41) is 0.837. The number of fused-ring (bicyclic) bond motifs is 1. The van der Waals surface area contributed by atoms with Gasteiger partial charge in [0.25, 0.3) is 5.56 Å². The first-order chi connectivity index (χ1) is 12.6. The predicted octanol–water partition coefficient (Wildman–Crippen LogP) is 2.60. The number of thioether (sulfide) groups is 1. The summed E-state index contributed by atoms with van der Waals surface area (Å²) in [5.41, 5.74) is 1.70. The summed E-state index contributed by atoms with van der Waals surface area (Å²) < 4.78 is 16.8. The minimum atomic E-state index is -0.271. The molecule has 1 aromatic carbocycles. The third-order valence-corrected chi connectivity index (χ3v) is 6.64. The van der Waals surface area contributed by atoms with E-state index < -0.39 is 0 Å². The van der Waals surface area contributed by atoms with Crippen molar-refractivity contribution in [1.82, 2.24) is 9.55 Å². The molecule has 1 aliphatic heterocycles. The molecule has 0 unspecified atom stereocenters.